The first kappa shape index (κ1) is 17.3. The van der Waals surface area contributed by atoms with Crippen LogP contribution in [0, 0.1) is 18.8 Å². The maximum atomic E-state index is 13.4. The van der Waals surface area contributed by atoms with E-state index in [4.69, 9.17) is 4.74 Å². The summed E-state index contributed by atoms with van der Waals surface area (Å²) in [6, 6.07) is 4.06. The molecule has 1 aromatic rings. The van der Waals surface area contributed by atoms with E-state index in [0.29, 0.717) is 18.4 Å². The molecular weight excluding hydrogens is 315 g/mol. The maximum Gasteiger partial charge on any atom is 0.131 e. The van der Waals surface area contributed by atoms with Gasteiger partial charge in [-0.15, -0.1) is 0 Å². The molecule has 2 heterocycles. The summed E-state index contributed by atoms with van der Waals surface area (Å²) in [6.45, 7) is 3.99. The van der Waals surface area contributed by atoms with Crippen molar-refractivity contribution in [3.63, 3.8) is 0 Å². The van der Waals surface area contributed by atoms with Gasteiger partial charge in [-0.05, 0) is 43.5 Å². The van der Waals surface area contributed by atoms with Gasteiger partial charge < -0.3 is 9.64 Å². The average Bonchev–Trinajstić information content (AvgIpc) is 2.63. The smallest absolute Gasteiger partial charge is 0.131 e. The number of allylic oxidation sites excluding steroid dienone is 5. The van der Waals surface area contributed by atoms with Gasteiger partial charge in [-0.1, -0.05) is 23.5 Å². The van der Waals surface area contributed by atoms with Crippen molar-refractivity contribution in [2.75, 3.05) is 25.1 Å². The summed E-state index contributed by atoms with van der Waals surface area (Å²) in [7, 11) is 1.61. The van der Waals surface area contributed by atoms with Crippen molar-refractivity contribution < 1.29 is 9.13 Å². The number of ether oxygens (including phenoxy) is 1. The molecule has 1 fully saturated rings. The SMILES string of the molecule is COC1=C(C#CC=C2CCN(c3ncccc3C)CC2)C=C(F)CC1. The van der Waals surface area contributed by atoms with Crippen molar-refractivity contribution in [3.8, 4) is 11.8 Å². The first-order valence-corrected chi connectivity index (χ1v) is 8.66. The first-order chi connectivity index (χ1) is 12.2. The molecule has 1 aliphatic heterocycles. The summed E-state index contributed by atoms with van der Waals surface area (Å²) < 4.78 is 18.7. The quantitative estimate of drug-likeness (QED) is 0.744. The summed E-state index contributed by atoms with van der Waals surface area (Å²) in [5.41, 5.74) is 3.20. The van der Waals surface area contributed by atoms with Crippen molar-refractivity contribution >= 4 is 5.82 Å². The van der Waals surface area contributed by atoms with Crippen molar-refractivity contribution in [1.82, 2.24) is 4.98 Å². The van der Waals surface area contributed by atoms with Gasteiger partial charge in [0.2, 0.25) is 0 Å². The zero-order chi connectivity index (χ0) is 17.6. The van der Waals surface area contributed by atoms with Gasteiger partial charge in [0.15, 0.2) is 0 Å². The molecule has 0 atom stereocenters. The predicted molar refractivity (Wildman–Crippen MR) is 98.7 cm³/mol. The molecule has 0 amide bonds. The van der Waals surface area contributed by atoms with Crippen molar-refractivity contribution in [3.05, 3.63) is 58.8 Å². The van der Waals surface area contributed by atoms with Gasteiger partial charge in [0.1, 0.15) is 17.4 Å². The Kier molecular flexibility index (Phi) is 5.55. The highest BCUT2D eigenvalue weighted by atomic mass is 19.1. The lowest BCUT2D eigenvalue weighted by molar-refractivity contribution is 0.270. The lowest BCUT2D eigenvalue weighted by atomic mass is 10.0. The van der Waals surface area contributed by atoms with Crippen LogP contribution in [0.15, 0.2) is 53.2 Å². The van der Waals surface area contributed by atoms with E-state index in [1.165, 1.54) is 17.2 Å². The van der Waals surface area contributed by atoms with Gasteiger partial charge in [0.25, 0.3) is 0 Å². The Hall–Kier alpha value is -2.54. The van der Waals surface area contributed by atoms with Gasteiger partial charge in [-0.3, -0.25) is 0 Å². The van der Waals surface area contributed by atoms with E-state index < -0.39 is 0 Å². The van der Waals surface area contributed by atoms with Crippen LogP contribution in [-0.4, -0.2) is 25.2 Å². The number of rotatable bonds is 2. The summed E-state index contributed by atoms with van der Waals surface area (Å²) in [6.07, 6.45) is 8.24. The number of methoxy groups -OCH3 is 1. The second-order valence-electron chi connectivity index (χ2n) is 6.34. The topological polar surface area (TPSA) is 25.4 Å². The Bertz CT molecular complexity index is 786. The Balaban J connectivity index is 1.64. The van der Waals surface area contributed by atoms with Crippen molar-refractivity contribution in [2.24, 2.45) is 0 Å². The Morgan fingerprint density at radius 2 is 2.04 bits per heavy atom. The molecule has 2 aliphatic rings. The van der Waals surface area contributed by atoms with Crippen molar-refractivity contribution in [2.45, 2.75) is 32.6 Å². The van der Waals surface area contributed by atoms with Crippen LogP contribution in [0.1, 0.15) is 31.2 Å². The highest BCUT2D eigenvalue weighted by molar-refractivity contribution is 5.48. The molecule has 1 saturated heterocycles. The van der Waals surface area contributed by atoms with Crippen LogP contribution in [0.5, 0.6) is 0 Å². The van der Waals surface area contributed by atoms with E-state index in [1.807, 2.05) is 18.3 Å². The monoisotopic (exact) mass is 338 g/mol. The lowest BCUT2D eigenvalue weighted by Crippen LogP contribution is -2.31. The van der Waals surface area contributed by atoms with Gasteiger partial charge >= 0.3 is 0 Å². The number of halogens is 1. The number of pyridine rings is 1. The fourth-order valence-corrected chi connectivity index (χ4v) is 3.17. The zero-order valence-corrected chi connectivity index (χ0v) is 14.8. The largest absolute Gasteiger partial charge is 0.500 e. The van der Waals surface area contributed by atoms with Crippen molar-refractivity contribution in [1.29, 1.82) is 0 Å². The predicted octanol–water partition coefficient (Wildman–Crippen LogP) is 4.47. The van der Waals surface area contributed by atoms with E-state index in [9.17, 15) is 4.39 Å². The molecule has 0 radical (unpaired) electrons. The molecule has 0 aromatic carbocycles. The zero-order valence-electron chi connectivity index (χ0n) is 14.8. The molecule has 3 nitrogen and oxygen atoms in total. The second kappa shape index (κ2) is 8.02. The Morgan fingerprint density at radius 3 is 2.76 bits per heavy atom. The second-order valence-corrected chi connectivity index (χ2v) is 6.34. The Labute approximate surface area is 148 Å². The van der Waals surface area contributed by atoms with Crippen LogP contribution in [0.3, 0.4) is 0 Å². The lowest BCUT2D eigenvalue weighted by Gasteiger charge is -2.30. The number of nitrogens with zero attached hydrogens (tertiary/aromatic N) is 2. The summed E-state index contributed by atoms with van der Waals surface area (Å²) in [5.74, 6) is 7.84. The minimum atomic E-state index is -0.128. The van der Waals surface area contributed by atoms with Gasteiger partial charge in [-0.25, -0.2) is 9.37 Å². The molecule has 0 spiro atoms. The van der Waals surface area contributed by atoms with Gasteiger partial charge in [0.05, 0.1) is 12.7 Å². The summed E-state index contributed by atoms with van der Waals surface area (Å²) in [4.78, 5) is 6.82. The van der Waals surface area contributed by atoms with Crippen LogP contribution < -0.4 is 4.90 Å². The summed E-state index contributed by atoms with van der Waals surface area (Å²) in [5, 5.41) is 0. The average molecular weight is 338 g/mol. The fourth-order valence-electron chi connectivity index (χ4n) is 3.17. The Morgan fingerprint density at radius 1 is 1.24 bits per heavy atom. The number of aromatic nitrogens is 1. The molecule has 1 aliphatic carbocycles. The maximum absolute atomic E-state index is 13.4. The molecule has 130 valence electrons. The number of anilines is 1. The van der Waals surface area contributed by atoms with Crippen LogP contribution in [-0.2, 0) is 4.74 Å². The van der Waals surface area contributed by atoms with Crippen LogP contribution in [0.2, 0.25) is 0 Å². The highest BCUT2D eigenvalue weighted by Crippen LogP contribution is 2.25. The van der Waals surface area contributed by atoms with Crippen LogP contribution in [0.4, 0.5) is 10.2 Å². The van der Waals surface area contributed by atoms with E-state index in [1.54, 1.807) is 7.11 Å². The van der Waals surface area contributed by atoms with E-state index in [2.05, 4.69) is 34.7 Å². The number of aryl methyl sites for hydroxylation is 1. The third kappa shape index (κ3) is 4.30. The number of hydrogen-bond donors (Lipinski definition) is 0. The normalized spacial score (nSPS) is 17.6. The van der Waals surface area contributed by atoms with Crippen LogP contribution in [0.25, 0.3) is 0 Å². The molecule has 0 saturated carbocycles. The number of piperidine rings is 1. The van der Waals surface area contributed by atoms with E-state index in [-0.39, 0.29) is 5.83 Å². The highest BCUT2D eigenvalue weighted by Gasteiger charge is 2.16. The number of hydrogen-bond acceptors (Lipinski definition) is 3. The summed E-state index contributed by atoms with van der Waals surface area (Å²) >= 11 is 0. The molecule has 4 heteroatoms. The molecule has 1 aromatic heterocycles. The van der Waals surface area contributed by atoms with Crippen LogP contribution >= 0.6 is 0 Å². The molecular formula is C21H23FN2O. The molecule has 3 rings (SSSR count). The van der Waals surface area contributed by atoms with Gasteiger partial charge in [0, 0.05) is 32.1 Å². The fraction of sp³-hybridized carbons (Fsp3) is 0.381. The standard InChI is InChI=1S/C21H23FN2O/c1-16-5-4-12-23-21(16)24-13-10-17(11-14-24)6-3-7-18-15-19(22)8-9-20(18)25-2/h4-6,12,15H,8-11,13-14H2,1-2H3. The minimum absolute atomic E-state index is 0.128. The molecule has 0 bridgehead atoms. The molecule has 25 heavy (non-hydrogen) atoms. The third-order valence-electron chi connectivity index (χ3n) is 4.61. The molecule has 0 N–H and O–H groups in total. The minimum Gasteiger partial charge on any atom is -0.500 e. The van der Waals surface area contributed by atoms with Gasteiger partial charge in [-0.2, -0.15) is 0 Å². The first-order valence-electron chi connectivity index (χ1n) is 8.66. The van der Waals surface area contributed by atoms with E-state index in [0.717, 1.165) is 37.5 Å². The third-order valence-corrected chi connectivity index (χ3v) is 4.61. The van der Waals surface area contributed by atoms with E-state index >= 15 is 0 Å². The molecule has 0 unspecified atom stereocenters.